The van der Waals surface area contributed by atoms with Crippen molar-refractivity contribution in [2.75, 3.05) is 6.61 Å². The van der Waals surface area contributed by atoms with Crippen LogP contribution in [-0.2, 0) is 6.42 Å². The van der Waals surface area contributed by atoms with Crippen LogP contribution in [0.5, 0.6) is 11.5 Å². The van der Waals surface area contributed by atoms with E-state index in [-0.39, 0.29) is 5.75 Å². The van der Waals surface area contributed by atoms with E-state index in [1.165, 1.54) is 5.56 Å². The lowest BCUT2D eigenvalue weighted by atomic mass is 10.1. The first kappa shape index (κ1) is 23.4. The van der Waals surface area contributed by atoms with Crippen molar-refractivity contribution in [2.45, 2.75) is 40.5 Å². The fourth-order valence-electron chi connectivity index (χ4n) is 3.26. The van der Waals surface area contributed by atoms with Gasteiger partial charge < -0.3 is 9.84 Å². The van der Waals surface area contributed by atoms with E-state index in [9.17, 15) is 5.11 Å². The second kappa shape index (κ2) is 11.4. The third kappa shape index (κ3) is 6.87. The van der Waals surface area contributed by atoms with E-state index in [1.807, 2.05) is 56.6 Å². The van der Waals surface area contributed by atoms with Crippen LogP contribution in [0.4, 0.5) is 0 Å². The standard InChI is InChI=1S/C17H18N2O.C9H9NO/c1-13-10-16(12-18)11-14(2)17(13)20-9-3-4-15-5-7-19-8-6-15;1-6-3-8(5-10)4-7(2)9(6)11/h5-8,10-11H,3-4,9H2,1-2H3;3-4,11H,1-2H3. The Hall–Kier alpha value is -3.83. The fourth-order valence-corrected chi connectivity index (χ4v) is 3.26. The summed E-state index contributed by atoms with van der Waals surface area (Å²) in [5.41, 5.74) is 6.10. The first-order valence-corrected chi connectivity index (χ1v) is 10.1. The first-order valence-electron chi connectivity index (χ1n) is 10.1. The van der Waals surface area contributed by atoms with Gasteiger partial charge in [0, 0.05) is 12.4 Å². The van der Waals surface area contributed by atoms with Gasteiger partial charge in [0.05, 0.1) is 29.9 Å². The number of hydrogen-bond donors (Lipinski definition) is 1. The average Bonchev–Trinajstić information content (AvgIpc) is 2.77. The molecule has 1 heterocycles. The number of rotatable bonds is 5. The lowest BCUT2D eigenvalue weighted by Crippen LogP contribution is -2.02. The molecule has 1 aromatic heterocycles. The predicted octanol–water partition coefficient (Wildman–Crippen LogP) is 5.46. The third-order valence-electron chi connectivity index (χ3n) is 4.82. The first-order chi connectivity index (χ1) is 14.8. The zero-order valence-electron chi connectivity index (χ0n) is 18.4. The number of pyridine rings is 1. The van der Waals surface area contributed by atoms with Gasteiger partial charge in [-0.1, -0.05) is 0 Å². The summed E-state index contributed by atoms with van der Waals surface area (Å²) in [4.78, 5) is 4.00. The number of hydrogen-bond acceptors (Lipinski definition) is 5. The van der Waals surface area contributed by atoms with Crippen molar-refractivity contribution in [3.05, 3.63) is 87.7 Å². The molecule has 31 heavy (non-hydrogen) atoms. The molecule has 0 atom stereocenters. The lowest BCUT2D eigenvalue weighted by molar-refractivity contribution is 0.307. The van der Waals surface area contributed by atoms with Gasteiger partial charge in [0.25, 0.3) is 0 Å². The molecule has 0 saturated heterocycles. The van der Waals surface area contributed by atoms with Crippen LogP contribution in [0.1, 0.15) is 45.4 Å². The number of aryl methyl sites for hydroxylation is 5. The van der Waals surface area contributed by atoms with E-state index in [4.69, 9.17) is 15.3 Å². The maximum atomic E-state index is 9.32. The summed E-state index contributed by atoms with van der Waals surface area (Å²) in [7, 11) is 0. The zero-order valence-corrected chi connectivity index (χ0v) is 18.4. The molecule has 0 aliphatic heterocycles. The van der Waals surface area contributed by atoms with Crippen molar-refractivity contribution >= 4 is 0 Å². The van der Waals surface area contributed by atoms with Gasteiger partial charge in [-0.05, 0) is 105 Å². The summed E-state index contributed by atoms with van der Waals surface area (Å²) >= 11 is 0. The topological polar surface area (TPSA) is 89.9 Å². The molecule has 0 unspecified atom stereocenters. The van der Waals surface area contributed by atoms with E-state index >= 15 is 0 Å². The average molecular weight is 414 g/mol. The smallest absolute Gasteiger partial charge is 0.125 e. The van der Waals surface area contributed by atoms with Gasteiger partial charge in [-0.2, -0.15) is 10.5 Å². The minimum Gasteiger partial charge on any atom is -0.507 e. The highest BCUT2D eigenvalue weighted by Gasteiger charge is 2.06. The molecule has 5 heteroatoms. The summed E-state index contributed by atoms with van der Waals surface area (Å²) in [5.74, 6) is 1.18. The number of benzene rings is 2. The molecule has 0 saturated carbocycles. The second-order valence-corrected chi connectivity index (χ2v) is 7.43. The molecule has 0 amide bonds. The summed E-state index contributed by atoms with van der Waals surface area (Å²) in [5, 5.41) is 26.8. The van der Waals surface area contributed by atoms with Crippen molar-refractivity contribution in [3.63, 3.8) is 0 Å². The summed E-state index contributed by atoms with van der Waals surface area (Å²) in [6, 6.07) is 15.3. The summed E-state index contributed by atoms with van der Waals surface area (Å²) in [6.07, 6.45) is 5.57. The van der Waals surface area contributed by atoms with Crippen LogP contribution >= 0.6 is 0 Å². The molecule has 5 nitrogen and oxygen atoms in total. The minimum atomic E-state index is 0.281. The molecule has 3 rings (SSSR count). The Balaban J connectivity index is 0.000000262. The van der Waals surface area contributed by atoms with E-state index < -0.39 is 0 Å². The van der Waals surface area contributed by atoms with E-state index in [0.29, 0.717) is 17.7 Å². The van der Waals surface area contributed by atoms with Gasteiger partial charge in [-0.25, -0.2) is 0 Å². The van der Waals surface area contributed by atoms with Gasteiger partial charge in [-0.15, -0.1) is 0 Å². The van der Waals surface area contributed by atoms with Crippen LogP contribution < -0.4 is 4.74 Å². The number of phenolic OH excluding ortho intramolecular Hbond substituents is 1. The Labute approximate surface area is 184 Å². The fraction of sp³-hybridized carbons (Fsp3) is 0.269. The highest BCUT2D eigenvalue weighted by atomic mass is 16.5. The molecule has 0 spiro atoms. The number of nitriles is 2. The second-order valence-electron chi connectivity index (χ2n) is 7.43. The van der Waals surface area contributed by atoms with Gasteiger partial charge in [0.1, 0.15) is 11.5 Å². The monoisotopic (exact) mass is 413 g/mol. The van der Waals surface area contributed by atoms with Crippen molar-refractivity contribution in [3.8, 4) is 23.6 Å². The van der Waals surface area contributed by atoms with Gasteiger partial charge >= 0.3 is 0 Å². The molecule has 0 radical (unpaired) electrons. The van der Waals surface area contributed by atoms with E-state index in [2.05, 4.69) is 11.1 Å². The quantitative estimate of drug-likeness (QED) is 0.561. The number of nitrogens with zero attached hydrogens (tertiary/aromatic N) is 3. The van der Waals surface area contributed by atoms with E-state index in [0.717, 1.165) is 40.8 Å². The third-order valence-corrected chi connectivity index (χ3v) is 4.82. The molecule has 3 aromatic rings. The molecular weight excluding hydrogens is 386 g/mol. The van der Waals surface area contributed by atoms with E-state index in [1.54, 1.807) is 26.0 Å². The minimum absolute atomic E-state index is 0.281. The highest BCUT2D eigenvalue weighted by molar-refractivity contribution is 5.47. The maximum absolute atomic E-state index is 9.32. The van der Waals surface area contributed by atoms with Crippen LogP contribution in [0.2, 0.25) is 0 Å². The molecule has 158 valence electrons. The van der Waals surface area contributed by atoms with Crippen molar-refractivity contribution in [2.24, 2.45) is 0 Å². The summed E-state index contributed by atoms with van der Waals surface area (Å²) in [6.45, 7) is 8.19. The predicted molar refractivity (Wildman–Crippen MR) is 121 cm³/mol. The Kier molecular flexibility index (Phi) is 8.61. The number of aromatic nitrogens is 1. The number of phenols is 1. The molecule has 0 aliphatic carbocycles. The molecule has 0 fully saturated rings. The highest BCUT2D eigenvalue weighted by Crippen LogP contribution is 2.25. The summed E-state index contributed by atoms with van der Waals surface area (Å²) < 4.78 is 5.86. The Morgan fingerprint density at radius 2 is 1.32 bits per heavy atom. The molecular formula is C26H27N3O2. The number of ether oxygens (including phenoxy) is 1. The van der Waals surface area contributed by atoms with Gasteiger partial charge in [0.15, 0.2) is 0 Å². The zero-order chi connectivity index (χ0) is 22.8. The van der Waals surface area contributed by atoms with Crippen molar-refractivity contribution < 1.29 is 9.84 Å². The Morgan fingerprint density at radius 1 is 0.839 bits per heavy atom. The van der Waals surface area contributed by atoms with Crippen molar-refractivity contribution in [1.29, 1.82) is 10.5 Å². The number of aromatic hydroxyl groups is 1. The van der Waals surface area contributed by atoms with Crippen LogP contribution in [0.3, 0.4) is 0 Å². The Bertz CT molecular complexity index is 1060. The van der Waals surface area contributed by atoms with Crippen LogP contribution in [0.25, 0.3) is 0 Å². The molecule has 0 aliphatic rings. The van der Waals surface area contributed by atoms with Crippen LogP contribution in [0.15, 0.2) is 48.8 Å². The van der Waals surface area contributed by atoms with Crippen LogP contribution in [-0.4, -0.2) is 16.7 Å². The normalized spacial score (nSPS) is 9.74. The molecule has 1 N–H and O–H groups in total. The van der Waals surface area contributed by atoms with Gasteiger partial charge in [-0.3, -0.25) is 4.98 Å². The SMILES string of the molecule is Cc1cc(C#N)cc(C)c1O.Cc1cc(C#N)cc(C)c1OCCCc1ccncc1. The van der Waals surface area contributed by atoms with Gasteiger partial charge in [0.2, 0.25) is 0 Å². The van der Waals surface area contributed by atoms with Crippen molar-refractivity contribution in [1.82, 2.24) is 4.98 Å². The maximum Gasteiger partial charge on any atom is 0.125 e. The lowest BCUT2D eigenvalue weighted by Gasteiger charge is -2.12. The largest absolute Gasteiger partial charge is 0.507 e. The Morgan fingerprint density at radius 3 is 1.81 bits per heavy atom. The molecule has 0 bridgehead atoms. The van der Waals surface area contributed by atoms with Crippen LogP contribution in [0, 0.1) is 50.4 Å². The molecule has 2 aromatic carbocycles.